The topological polar surface area (TPSA) is 96.5 Å². The number of nitrogens with zero attached hydrogens (tertiary/aromatic N) is 3. The van der Waals surface area contributed by atoms with Crippen LogP contribution in [0.4, 0.5) is 0 Å². The first-order valence-corrected chi connectivity index (χ1v) is 10.1. The van der Waals surface area contributed by atoms with Crippen LogP contribution in [0.2, 0.25) is 0 Å². The monoisotopic (exact) mass is 429 g/mol. The molecule has 0 atom stereocenters. The van der Waals surface area contributed by atoms with Crippen LogP contribution in [0.5, 0.6) is 0 Å². The zero-order valence-corrected chi connectivity index (χ0v) is 18.1. The van der Waals surface area contributed by atoms with Crippen molar-refractivity contribution < 1.29 is 28.7 Å². The first kappa shape index (κ1) is 22.6. The maximum absolute atomic E-state index is 13.5. The van der Waals surface area contributed by atoms with E-state index < -0.39 is 5.91 Å². The predicted octanol–water partition coefficient (Wildman–Crippen LogP) is 0.563. The van der Waals surface area contributed by atoms with Crippen LogP contribution < -0.4 is 0 Å². The zero-order chi connectivity index (χ0) is 22.5. The highest BCUT2D eigenvalue weighted by atomic mass is 16.5. The smallest absolute Gasteiger partial charge is 0.253 e. The highest BCUT2D eigenvalue weighted by Crippen LogP contribution is 2.31. The van der Waals surface area contributed by atoms with Gasteiger partial charge in [0.05, 0.1) is 6.61 Å². The fourth-order valence-electron chi connectivity index (χ4n) is 3.88. The lowest BCUT2D eigenvalue weighted by Gasteiger charge is -2.39. The number of Topliss-reactive ketones (excluding diaryl/α,β-unsaturated/α-hetero) is 2. The van der Waals surface area contributed by atoms with Crippen LogP contribution in [0.3, 0.4) is 0 Å². The van der Waals surface area contributed by atoms with Crippen LogP contribution in [-0.2, 0) is 19.1 Å². The van der Waals surface area contributed by atoms with Gasteiger partial charge in [-0.1, -0.05) is 24.3 Å². The lowest BCUT2D eigenvalue weighted by molar-refractivity contribution is -0.133. The fourth-order valence-corrected chi connectivity index (χ4v) is 3.88. The Kier molecular flexibility index (Phi) is 7.19. The van der Waals surface area contributed by atoms with E-state index in [4.69, 9.17) is 9.47 Å². The van der Waals surface area contributed by atoms with Crippen molar-refractivity contribution in [2.75, 3.05) is 60.2 Å². The third-order valence-corrected chi connectivity index (χ3v) is 5.47. The van der Waals surface area contributed by atoms with Crippen LogP contribution >= 0.6 is 0 Å². The Labute approximate surface area is 181 Å². The molecule has 0 radical (unpaired) electrons. The first-order chi connectivity index (χ1) is 14.9. The Bertz CT molecular complexity index is 918. The van der Waals surface area contributed by atoms with E-state index in [2.05, 4.69) is 0 Å². The van der Waals surface area contributed by atoms with E-state index in [1.54, 1.807) is 34.1 Å². The number of ketones is 2. The molecule has 3 rings (SSSR count). The molecule has 0 aromatic heterocycles. The summed E-state index contributed by atoms with van der Waals surface area (Å²) in [6, 6.07) is 6.61. The molecule has 31 heavy (non-hydrogen) atoms. The SMILES string of the molecule is COCCN(C(=O)COC)C1=C(N2CCN(C(C)=O)CC2)C(=O)c2ccccc2C1=O. The number of hydrogen-bond donors (Lipinski definition) is 0. The molecular formula is C22H27N3O6. The van der Waals surface area contributed by atoms with E-state index in [1.165, 1.54) is 26.0 Å². The van der Waals surface area contributed by atoms with E-state index in [0.29, 0.717) is 31.7 Å². The summed E-state index contributed by atoms with van der Waals surface area (Å²) in [5.41, 5.74) is 0.805. The van der Waals surface area contributed by atoms with Gasteiger partial charge in [-0.25, -0.2) is 0 Å². The highest BCUT2D eigenvalue weighted by Gasteiger charge is 2.40. The first-order valence-electron chi connectivity index (χ1n) is 10.1. The summed E-state index contributed by atoms with van der Waals surface area (Å²) in [5, 5.41) is 0. The van der Waals surface area contributed by atoms with Crippen molar-refractivity contribution >= 4 is 23.4 Å². The van der Waals surface area contributed by atoms with Crippen molar-refractivity contribution in [1.29, 1.82) is 0 Å². The number of benzene rings is 1. The van der Waals surface area contributed by atoms with Gasteiger partial charge in [0, 0.05) is 65.0 Å². The summed E-state index contributed by atoms with van der Waals surface area (Å²) < 4.78 is 10.1. The number of amides is 2. The van der Waals surface area contributed by atoms with Crippen molar-refractivity contribution in [2.45, 2.75) is 6.92 Å². The summed E-state index contributed by atoms with van der Waals surface area (Å²) in [4.78, 5) is 56.4. The standard InChI is InChI=1S/C22H27N3O6/c1-15(26)23-8-10-24(11-9-23)19-20(25(12-13-30-2)18(27)14-31-3)22(29)17-7-5-4-6-16(17)21(19)28/h4-7H,8-14H2,1-3H3. The van der Waals surface area contributed by atoms with Gasteiger partial charge >= 0.3 is 0 Å². The second-order valence-corrected chi connectivity index (χ2v) is 7.37. The molecular weight excluding hydrogens is 402 g/mol. The Balaban J connectivity index is 2.10. The van der Waals surface area contributed by atoms with Gasteiger partial charge < -0.3 is 24.2 Å². The molecule has 1 aliphatic carbocycles. The van der Waals surface area contributed by atoms with Crippen molar-refractivity contribution in [3.8, 4) is 0 Å². The third kappa shape index (κ3) is 4.52. The normalized spacial score (nSPS) is 16.5. The lowest BCUT2D eigenvalue weighted by atomic mass is 9.88. The molecule has 1 fully saturated rings. The molecule has 1 aromatic rings. The molecule has 0 unspecified atom stereocenters. The van der Waals surface area contributed by atoms with Gasteiger partial charge in [-0.05, 0) is 0 Å². The van der Waals surface area contributed by atoms with E-state index >= 15 is 0 Å². The molecule has 2 aliphatic rings. The molecule has 2 amide bonds. The number of methoxy groups -OCH3 is 2. The maximum atomic E-state index is 13.5. The van der Waals surface area contributed by atoms with Gasteiger partial charge in [0.2, 0.25) is 17.5 Å². The van der Waals surface area contributed by atoms with Crippen LogP contribution in [0.1, 0.15) is 27.6 Å². The van der Waals surface area contributed by atoms with Crippen LogP contribution in [0.25, 0.3) is 0 Å². The molecule has 166 valence electrons. The van der Waals surface area contributed by atoms with Crippen LogP contribution in [0.15, 0.2) is 35.7 Å². The molecule has 0 N–H and O–H groups in total. The molecule has 1 saturated heterocycles. The Morgan fingerprint density at radius 2 is 1.58 bits per heavy atom. The molecule has 1 aliphatic heterocycles. The van der Waals surface area contributed by atoms with Crippen molar-refractivity contribution in [1.82, 2.24) is 14.7 Å². The average molecular weight is 429 g/mol. The van der Waals surface area contributed by atoms with Gasteiger partial charge in [0.25, 0.3) is 5.91 Å². The zero-order valence-electron chi connectivity index (χ0n) is 18.1. The van der Waals surface area contributed by atoms with Gasteiger partial charge in [0.1, 0.15) is 18.0 Å². The number of carbonyl (C=O) groups is 4. The number of carbonyl (C=O) groups excluding carboxylic acids is 4. The summed E-state index contributed by atoms with van der Waals surface area (Å²) in [6.07, 6.45) is 0. The largest absolute Gasteiger partial charge is 0.383 e. The fraction of sp³-hybridized carbons (Fsp3) is 0.455. The Morgan fingerprint density at radius 3 is 2.13 bits per heavy atom. The van der Waals surface area contributed by atoms with E-state index in [-0.39, 0.29) is 54.2 Å². The van der Waals surface area contributed by atoms with Gasteiger partial charge in [0.15, 0.2) is 0 Å². The second-order valence-electron chi connectivity index (χ2n) is 7.37. The quantitative estimate of drug-likeness (QED) is 0.625. The van der Waals surface area contributed by atoms with E-state index in [0.717, 1.165) is 0 Å². The van der Waals surface area contributed by atoms with Crippen LogP contribution in [0, 0.1) is 0 Å². The summed E-state index contributed by atoms with van der Waals surface area (Å²) in [6.45, 7) is 3.19. The molecule has 0 spiro atoms. The number of allylic oxidation sites excluding steroid dienone is 2. The summed E-state index contributed by atoms with van der Waals surface area (Å²) >= 11 is 0. The summed E-state index contributed by atoms with van der Waals surface area (Å²) in [7, 11) is 2.89. The second kappa shape index (κ2) is 9.84. The predicted molar refractivity (Wildman–Crippen MR) is 111 cm³/mol. The van der Waals surface area contributed by atoms with Gasteiger partial charge in [-0.2, -0.15) is 0 Å². The van der Waals surface area contributed by atoms with Crippen molar-refractivity contribution in [3.63, 3.8) is 0 Å². The summed E-state index contributed by atoms with van der Waals surface area (Å²) in [5.74, 6) is -1.17. The molecule has 9 nitrogen and oxygen atoms in total. The Hall–Kier alpha value is -3.04. The number of ether oxygens (including phenoxy) is 2. The lowest BCUT2D eigenvalue weighted by Crippen LogP contribution is -2.51. The number of rotatable bonds is 7. The molecule has 0 saturated carbocycles. The molecule has 1 heterocycles. The minimum atomic E-state index is -0.435. The molecule has 9 heteroatoms. The van der Waals surface area contributed by atoms with Gasteiger partial charge in [-0.15, -0.1) is 0 Å². The molecule has 1 aromatic carbocycles. The maximum Gasteiger partial charge on any atom is 0.253 e. The number of hydrogen-bond acceptors (Lipinski definition) is 7. The molecule has 0 bridgehead atoms. The number of fused-ring (bicyclic) bond motifs is 1. The van der Waals surface area contributed by atoms with Crippen molar-refractivity contribution in [3.05, 3.63) is 46.8 Å². The third-order valence-electron chi connectivity index (χ3n) is 5.47. The van der Waals surface area contributed by atoms with E-state index in [9.17, 15) is 19.2 Å². The number of piperazine rings is 1. The van der Waals surface area contributed by atoms with Crippen molar-refractivity contribution in [2.24, 2.45) is 0 Å². The minimum absolute atomic E-state index is 0.0396. The minimum Gasteiger partial charge on any atom is -0.383 e. The van der Waals surface area contributed by atoms with Gasteiger partial charge in [-0.3, -0.25) is 19.2 Å². The average Bonchev–Trinajstić information content (AvgIpc) is 2.77. The van der Waals surface area contributed by atoms with Crippen LogP contribution in [-0.4, -0.2) is 98.2 Å². The Morgan fingerprint density at radius 1 is 0.968 bits per heavy atom. The van der Waals surface area contributed by atoms with E-state index in [1.807, 2.05) is 0 Å². The highest BCUT2D eigenvalue weighted by molar-refractivity contribution is 6.27.